The number of rotatable bonds is 2. The second kappa shape index (κ2) is 4.31. The number of nitrogens with one attached hydrogen (secondary N) is 1. The van der Waals surface area contributed by atoms with E-state index < -0.39 is 0 Å². The molecule has 1 nitrogen and oxygen atoms in total. The van der Waals surface area contributed by atoms with Crippen molar-refractivity contribution in [3.63, 3.8) is 0 Å². The molecule has 1 aromatic rings. The van der Waals surface area contributed by atoms with Crippen LogP contribution in [0.4, 0.5) is 4.39 Å². The molecule has 2 rings (SSSR count). The second-order valence-electron chi connectivity index (χ2n) is 4.39. The summed E-state index contributed by atoms with van der Waals surface area (Å²) in [6, 6.07) is 5.87. The monoisotopic (exact) mass is 207 g/mol. The lowest BCUT2D eigenvalue weighted by Crippen LogP contribution is -2.25. The van der Waals surface area contributed by atoms with Gasteiger partial charge in [0, 0.05) is 12.0 Å². The van der Waals surface area contributed by atoms with Crippen molar-refractivity contribution in [2.75, 3.05) is 6.54 Å². The molecule has 1 saturated heterocycles. The molecule has 0 radical (unpaired) electrons. The highest BCUT2D eigenvalue weighted by Gasteiger charge is 2.28. The van der Waals surface area contributed by atoms with Gasteiger partial charge in [0.2, 0.25) is 0 Å². The summed E-state index contributed by atoms with van der Waals surface area (Å²) >= 11 is 0. The molecular formula is C13H18FN. The van der Waals surface area contributed by atoms with Crippen LogP contribution in [0.15, 0.2) is 18.2 Å². The highest BCUT2D eigenvalue weighted by atomic mass is 19.1. The zero-order valence-electron chi connectivity index (χ0n) is 9.39. The molecule has 2 atom stereocenters. The summed E-state index contributed by atoms with van der Waals surface area (Å²) < 4.78 is 13.7. The Morgan fingerprint density at radius 3 is 3.00 bits per heavy atom. The van der Waals surface area contributed by atoms with E-state index in [0.29, 0.717) is 12.0 Å². The van der Waals surface area contributed by atoms with Crippen LogP contribution < -0.4 is 5.32 Å². The van der Waals surface area contributed by atoms with E-state index in [2.05, 4.69) is 12.2 Å². The Morgan fingerprint density at radius 2 is 2.27 bits per heavy atom. The average molecular weight is 207 g/mol. The molecule has 0 spiro atoms. The quantitative estimate of drug-likeness (QED) is 0.786. The molecule has 0 aromatic heterocycles. The molecule has 1 heterocycles. The van der Waals surface area contributed by atoms with Gasteiger partial charge in [0.15, 0.2) is 0 Å². The molecule has 1 fully saturated rings. The van der Waals surface area contributed by atoms with Crippen LogP contribution in [-0.4, -0.2) is 12.6 Å². The third kappa shape index (κ3) is 2.05. The molecule has 0 saturated carbocycles. The first kappa shape index (κ1) is 10.6. The number of hydrogen-bond donors (Lipinski definition) is 1. The SMILES string of the molecule is CCC1NCCC1c1cc(C)ccc1F. The zero-order chi connectivity index (χ0) is 10.8. The van der Waals surface area contributed by atoms with Gasteiger partial charge in [-0.15, -0.1) is 0 Å². The van der Waals surface area contributed by atoms with Crippen molar-refractivity contribution < 1.29 is 4.39 Å². The first-order valence-electron chi connectivity index (χ1n) is 5.71. The Morgan fingerprint density at radius 1 is 1.47 bits per heavy atom. The topological polar surface area (TPSA) is 12.0 Å². The lowest BCUT2D eigenvalue weighted by molar-refractivity contribution is 0.505. The van der Waals surface area contributed by atoms with E-state index in [1.165, 1.54) is 0 Å². The Labute approximate surface area is 90.7 Å². The smallest absolute Gasteiger partial charge is 0.126 e. The molecule has 1 aliphatic rings. The summed E-state index contributed by atoms with van der Waals surface area (Å²) in [5.74, 6) is 0.308. The van der Waals surface area contributed by atoms with Crippen LogP contribution in [0.1, 0.15) is 36.8 Å². The fraction of sp³-hybridized carbons (Fsp3) is 0.538. The molecule has 1 N–H and O–H groups in total. The van der Waals surface area contributed by atoms with Crippen molar-refractivity contribution in [1.29, 1.82) is 0 Å². The van der Waals surface area contributed by atoms with Crippen molar-refractivity contribution in [1.82, 2.24) is 5.32 Å². The molecule has 0 bridgehead atoms. The lowest BCUT2D eigenvalue weighted by Gasteiger charge is -2.19. The minimum absolute atomic E-state index is 0.0484. The van der Waals surface area contributed by atoms with E-state index in [1.807, 2.05) is 19.1 Å². The highest BCUT2D eigenvalue weighted by molar-refractivity contribution is 5.29. The van der Waals surface area contributed by atoms with Gasteiger partial charge in [-0.3, -0.25) is 0 Å². The van der Waals surface area contributed by atoms with Gasteiger partial charge in [-0.1, -0.05) is 24.6 Å². The Kier molecular flexibility index (Phi) is 3.06. The summed E-state index contributed by atoms with van der Waals surface area (Å²) in [5.41, 5.74) is 2.04. The highest BCUT2D eigenvalue weighted by Crippen LogP contribution is 2.31. The van der Waals surface area contributed by atoms with Crippen LogP contribution >= 0.6 is 0 Å². The molecule has 1 aliphatic heterocycles. The van der Waals surface area contributed by atoms with Crippen molar-refractivity contribution in [3.8, 4) is 0 Å². The predicted molar refractivity (Wildman–Crippen MR) is 60.6 cm³/mol. The average Bonchev–Trinajstić information content (AvgIpc) is 2.69. The van der Waals surface area contributed by atoms with Gasteiger partial charge in [0.25, 0.3) is 0 Å². The lowest BCUT2D eigenvalue weighted by atomic mass is 9.89. The van der Waals surface area contributed by atoms with Crippen LogP contribution in [0.2, 0.25) is 0 Å². The van der Waals surface area contributed by atoms with Crippen LogP contribution in [0.3, 0.4) is 0 Å². The van der Waals surface area contributed by atoms with Crippen molar-refractivity contribution in [2.45, 2.75) is 38.6 Å². The zero-order valence-corrected chi connectivity index (χ0v) is 9.39. The van der Waals surface area contributed by atoms with Gasteiger partial charge in [-0.05, 0) is 37.9 Å². The molecule has 1 aromatic carbocycles. The minimum atomic E-state index is -0.0484. The molecule has 0 amide bonds. The molecule has 82 valence electrons. The molecule has 2 heteroatoms. The van der Waals surface area contributed by atoms with Gasteiger partial charge < -0.3 is 5.32 Å². The number of halogens is 1. The minimum Gasteiger partial charge on any atom is -0.313 e. The van der Waals surface area contributed by atoms with Crippen LogP contribution in [0.5, 0.6) is 0 Å². The van der Waals surface area contributed by atoms with Gasteiger partial charge in [-0.25, -0.2) is 4.39 Å². The van der Waals surface area contributed by atoms with Gasteiger partial charge in [0.05, 0.1) is 0 Å². The molecule has 15 heavy (non-hydrogen) atoms. The summed E-state index contributed by atoms with van der Waals surface area (Å²) in [7, 11) is 0. The fourth-order valence-electron chi connectivity index (χ4n) is 2.52. The number of hydrogen-bond acceptors (Lipinski definition) is 1. The van der Waals surface area contributed by atoms with Gasteiger partial charge >= 0.3 is 0 Å². The van der Waals surface area contributed by atoms with E-state index >= 15 is 0 Å². The molecular weight excluding hydrogens is 189 g/mol. The largest absolute Gasteiger partial charge is 0.313 e. The maximum absolute atomic E-state index is 13.7. The first-order chi connectivity index (χ1) is 7.22. The van der Waals surface area contributed by atoms with Gasteiger partial charge in [-0.2, -0.15) is 0 Å². The third-order valence-corrected chi connectivity index (χ3v) is 3.34. The van der Waals surface area contributed by atoms with Crippen molar-refractivity contribution >= 4 is 0 Å². The van der Waals surface area contributed by atoms with Crippen molar-refractivity contribution in [2.24, 2.45) is 0 Å². The van der Waals surface area contributed by atoms with Crippen LogP contribution in [0.25, 0.3) is 0 Å². The molecule has 0 aliphatic carbocycles. The Balaban J connectivity index is 2.31. The summed E-state index contributed by atoms with van der Waals surface area (Å²) in [6.07, 6.45) is 2.12. The van der Waals surface area contributed by atoms with E-state index in [9.17, 15) is 4.39 Å². The van der Waals surface area contributed by atoms with E-state index in [1.54, 1.807) is 6.07 Å². The molecule has 2 unspecified atom stereocenters. The maximum atomic E-state index is 13.7. The predicted octanol–water partition coefficient (Wildman–Crippen LogP) is 2.99. The van der Waals surface area contributed by atoms with Crippen LogP contribution in [-0.2, 0) is 0 Å². The summed E-state index contributed by atoms with van der Waals surface area (Å²) in [5, 5.41) is 3.43. The van der Waals surface area contributed by atoms with E-state index in [-0.39, 0.29) is 5.82 Å². The Bertz CT molecular complexity index is 348. The number of benzene rings is 1. The van der Waals surface area contributed by atoms with E-state index in [4.69, 9.17) is 0 Å². The maximum Gasteiger partial charge on any atom is 0.126 e. The first-order valence-corrected chi connectivity index (χ1v) is 5.71. The third-order valence-electron chi connectivity index (χ3n) is 3.34. The van der Waals surface area contributed by atoms with Crippen LogP contribution in [0, 0.1) is 12.7 Å². The van der Waals surface area contributed by atoms with Gasteiger partial charge in [0.1, 0.15) is 5.82 Å². The second-order valence-corrected chi connectivity index (χ2v) is 4.39. The van der Waals surface area contributed by atoms with E-state index in [0.717, 1.165) is 30.5 Å². The Hall–Kier alpha value is -0.890. The summed E-state index contributed by atoms with van der Waals surface area (Å²) in [6.45, 7) is 5.19. The summed E-state index contributed by atoms with van der Waals surface area (Å²) in [4.78, 5) is 0. The standard InChI is InChI=1S/C13H18FN/c1-3-13-10(6-7-15-13)11-8-9(2)4-5-12(11)14/h4-5,8,10,13,15H,3,6-7H2,1-2H3. The normalized spacial score (nSPS) is 25.8. The number of aryl methyl sites for hydroxylation is 1. The van der Waals surface area contributed by atoms with Crippen molar-refractivity contribution in [3.05, 3.63) is 35.1 Å². The fourth-order valence-corrected chi connectivity index (χ4v) is 2.52.